The predicted octanol–water partition coefficient (Wildman–Crippen LogP) is 2.64. The molecule has 0 spiro atoms. The average molecular weight is 597 g/mol. The number of imide groups is 1. The molecule has 3 amide bonds. The number of aromatic nitrogens is 3. The van der Waals surface area contributed by atoms with Crippen molar-refractivity contribution in [1.82, 2.24) is 20.3 Å². The summed E-state index contributed by atoms with van der Waals surface area (Å²) in [6.45, 7) is 7.64. The summed E-state index contributed by atoms with van der Waals surface area (Å²) in [4.78, 5) is 48.8. The fourth-order valence-electron chi connectivity index (χ4n) is 4.22. The Bertz CT molecular complexity index is 1490. The van der Waals surface area contributed by atoms with E-state index in [1.807, 2.05) is 0 Å². The SMILES string of the molecule is CC(C)(C)OC(=O)Nc1ccc(OCCOCCOCCNc2cccc3nnn(C4CCC(=O)NC4=O)c(=O)c23)cc1. The van der Waals surface area contributed by atoms with E-state index in [2.05, 4.69) is 26.3 Å². The zero-order chi connectivity index (χ0) is 30.8. The van der Waals surface area contributed by atoms with Crippen molar-refractivity contribution in [3.63, 3.8) is 0 Å². The molecule has 0 aliphatic carbocycles. The maximum Gasteiger partial charge on any atom is 0.412 e. The Morgan fingerprint density at radius 1 is 1.00 bits per heavy atom. The van der Waals surface area contributed by atoms with Gasteiger partial charge in [-0.3, -0.25) is 25.0 Å². The van der Waals surface area contributed by atoms with Gasteiger partial charge in [-0.1, -0.05) is 11.3 Å². The van der Waals surface area contributed by atoms with E-state index in [1.54, 1.807) is 63.2 Å². The molecule has 1 aromatic heterocycles. The summed E-state index contributed by atoms with van der Waals surface area (Å²) >= 11 is 0. The van der Waals surface area contributed by atoms with Gasteiger partial charge in [0.1, 0.15) is 29.5 Å². The maximum atomic E-state index is 13.2. The van der Waals surface area contributed by atoms with Crippen molar-refractivity contribution in [1.29, 1.82) is 0 Å². The Kier molecular flexibility index (Phi) is 10.6. The zero-order valence-electron chi connectivity index (χ0n) is 24.4. The van der Waals surface area contributed by atoms with Gasteiger partial charge in [0.05, 0.1) is 31.8 Å². The van der Waals surface area contributed by atoms with Gasteiger partial charge in [-0.05, 0) is 63.6 Å². The third-order valence-corrected chi connectivity index (χ3v) is 6.15. The molecule has 0 radical (unpaired) electrons. The summed E-state index contributed by atoms with van der Waals surface area (Å²) in [5.74, 6) is -0.297. The lowest BCUT2D eigenvalue weighted by atomic mass is 10.1. The van der Waals surface area contributed by atoms with Crippen molar-refractivity contribution in [3.8, 4) is 5.75 Å². The molecule has 2 aromatic carbocycles. The predicted molar refractivity (Wildman–Crippen MR) is 157 cm³/mol. The third-order valence-electron chi connectivity index (χ3n) is 6.15. The van der Waals surface area contributed by atoms with Crippen LogP contribution in [0.2, 0.25) is 0 Å². The van der Waals surface area contributed by atoms with Gasteiger partial charge in [-0.2, -0.15) is 4.68 Å². The van der Waals surface area contributed by atoms with Crippen LogP contribution in [-0.4, -0.2) is 78.1 Å². The Labute approximate surface area is 248 Å². The van der Waals surface area contributed by atoms with Crippen molar-refractivity contribution >= 4 is 40.2 Å². The molecule has 4 rings (SSSR count). The highest BCUT2D eigenvalue weighted by molar-refractivity contribution is 5.99. The van der Waals surface area contributed by atoms with E-state index in [0.717, 1.165) is 4.68 Å². The highest BCUT2D eigenvalue weighted by atomic mass is 16.6. The van der Waals surface area contributed by atoms with Gasteiger partial charge < -0.3 is 24.3 Å². The average Bonchev–Trinajstić information content (AvgIpc) is 2.94. The van der Waals surface area contributed by atoms with Gasteiger partial charge in [0.2, 0.25) is 5.91 Å². The molecule has 3 aromatic rings. The molecule has 14 heteroatoms. The molecule has 2 heterocycles. The number of amides is 3. The summed E-state index contributed by atoms with van der Waals surface area (Å²) in [6.07, 6.45) is -0.210. The Balaban J connectivity index is 1.13. The molecule has 1 saturated heterocycles. The minimum atomic E-state index is -0.891. The van der Waals surface area contributed by atoms with Crippen molar-refractivity contribution in [2.24, 2.45) is 0 Å². The Morgan fingerprint density at radius 2 is 1.72 bits per heavy atom. The summed E-state index contributed by atoms with van der Waals surface area (Å²) in [5, 5.41) is 16.4. The quantitative estimate of drug-likeness (QED) is 0.196. The molecular formula is C29H36N6O8. The van der Waals surface area contributed by atoms with Crippen molar-refractivity contribution in [2.45, 2.75) is 45.3 Å². The molecule has 1 aliphatic rings. The molecule has 14 nitrogen and oxygen atoms in total. The highest BCUT2D eigenvalue weighted by Gasteiger charge is 2.30. The Hall–Kier alpha value is -4.56. The number of fused-ring (bicyclic) bond motifs is 1. The maximum absolute atomic E-state index is 13.2. The van der Waals surface area contributed by atoms with E-state index in [0.29, 0.717) is 67.6 Å². The summed E-state index contributed by atoms with van der Waals surface area (Å²) in [7, 11) is 0. The van der Waals surface area contributed by atoms with Crippen molar-refractivity contribution < 1.29 is 33.3 Å². The number of nitrogens with one attached hydrogen (secondary N) is 3. The van der Waals surface area contributed by atoms with Crippen LogP contribution in [0.1, 0.15) is 39.7 Å². The second kappa shape index (κ2) is 14.6. The number of piperidine rings is 1. The van der Waals surface area contributed by atoms with Crippen LogP contribution in [0.15, 0.2) is 47.3 Å². The van der Waals surface area contributed by atoms with Crippen LogP contribution in [0.25, 0.3) is 10.9 Å². The van der Waals surface area contributed by atoms with E-state index >= 15 is 0 Å². The normalized spacial score (nSPS) is 15.2. The largest absolute Gasteiger partial charge is 0.491 e. The fraction of sp³-hybridized carbons (Fsp3) is 0.448. The second-order valence-corrected chi connectivity index (χ2v) is 10.7. The molecule has 0 bridgehead atoms. The van der Waals surface area contributed by atoms with Crippen LogP contribution in [0.4, 0.5) is 16.2 Å². The molecule has 1 atom stereocenters. The number of carbonyl (C=O) groups excluding carboxylic acids is 3. The number of anilines is 2. The van der Waals surface area contributed by atoms with Crippen LogP contribution in [0.5, 0.6) is 5.75 Å². The highest BCUT2D eigenvalue weighted by Crippen LogP contribution is 2.21. The van der Waals surface area contributed by atoms with E-state index in [9.17, 15) is 19.2 Å². The van der Waals surface area contributed by atoms with Gasteiger partial charge in [0.25, 0.3) is 11.5 Å². The number of hydrogen-bond donors (Lipinski definition) is 3. The number of hydrogen-bond acceptors (Lipinski definition) is 11. The minimum absolute atomic E-state index is 0.126. The van der Waals surface area contributed by atoms with E-state index in [4.69, 9.17) is 18.9 Å². The minimum Gasteiger partial charge on any atom is -0.491 e. The number of ether oxygens (including phenoxy) is 4. The van der Waals surface area contributed by atoms with Crippen molar-refractivity contribution in [3.05, 3.63) is 52.8 Å². The van der Waals surface area contributed by atoms with Gasteiger partial charge in [0.15, 0.2) is 0 Å². The van der Waals surface area contributed by atoms with Crippen LogP contribution >= 0.6 is 0 Å². The van der Waals surface area contributed by atoms with Crippen LogP contribution in [-0.2, 0) is 23.8 Å². The summed E-state index contributed by atoms with van der Waals surface area (Å²) in [5.41, 5.74) is 0.501. The summed E-state index contributed by atoms with van der Waals surface area (Å²) < 4.78 is 23.1. The first kappa shape index (κ1) is 31.4. The van der Waals surface area contributed by atoms with Gasteiger partial charge >= 0.3 is 6.09 Å². The molecule has 1 unspecified atom stereocenters. The number of benzene rings is 2. The van der Waals surface area contributed by atoms with Crippen LogP contribution < -0.4 is 26.2 Å². The third kappa shape index (κ3) is 9.21. The topological polar surface area (TPSA) is 172 Å². The van der Waals surface area contributed by atoms with Gasteiger partial charge in [-0.15, -0.1) is 5.10 Å². The van der Waals surface area contributed by atoms with Crippen LogP contribution in [0, 0.1) is 0 Å². The smallest absolute Gasteiger partial charge is 0.412 e. The number of nitrogens with zero attached hydrogens (tertiary/aromatic N) is 3. The molecule has 1 aliphatic heterocycles. The van der Waals surface area contributed by atoms with Crippen LogP contribution in [0.3, 0.4) is 0 Å². The fourth-order valence-corrected chi connectivity index (χ4v) is 4.22. The molecular weight excluding hydrogens is 560 g/mol. The lowest BCUT2D eigenvalue weighted by molar-refractivity contribution is -0.136. The zero-order valence-corrected chi connectivity index (χ0v) is 24.4. The van der Waals surface area contributed by atoms with E-state index < -0.39 is 29.2 Å². The lowest BCUT2D eigenvalue weighted by Gasteiger charge is -2.21. The van der Waals surface area contributed by atoms with Gasteiger partial charge in [-0.25, -0.2) is 4.79 Å². The number of rotatable bonds is 13. The molecule has 0 saturated carbocycles. The summed E-state index contributed by atoms with van der Waals surface area (Å²) in [6, 6.07) is 11.2. The molecule has 230 valence electrons. The molecule has 3 N–H and O–H groups in total. The number of carbonyl (C=O) groups is 3. The monoisotopic (exact) mass is 596 g/mol. The first-order chi connectivity index (χ1) is 20.6. The van der Waals surface area contributed by atoms with E-state index in [1.165, 1.54) is 0 Å². The molecule has 43 heavy (non-hydrogen) atoms. The molecule has 1 fully saturated rings. The van der Waals surface area contributed by atoms with Gasteiger partial charge in [0, 0.05) is 24.3 Å². The second-order valence-electron chi connectivity index (χ2n) is 10.7. The standard InChI is InChI=1S/C29H36N6O8/c1-29(2,3)43-28(39)31-19-7-9-20(10-8-19)42-18-17-41-16-15-40-14-13-30-21-5-4-6-22-25(21)27(38)35(34-33-22)23-11-12-24(36)32-26(23)37/h4-10,23,30H,11-18H2,1-3H3,(H,31,39)(H,32,36,37). The van der Waals surface area contributed by atoms with Crippen molar-refractivity contribution in [2.75, 3.05) is 50.2 Å². The lowest BCUT2D eigenvalue weighted by Crippen LogP contribution is -2.45. The first-order valence-electron chi connectivity index (χ1n) is 13.9. The van der Waals surface area contributed by atoms with E-state index in [-0.39, 0.29) is 18.7 Å². The Morgan fingerprint density at radius 3 is 2.44 bits per heavy atom. The first-order valence-corrected chi connectivity index (χ1v) is 13.9.